The summed E-state index contributed by atoms with van der Waals surface area (Å²) in [6.45, 7) is 1.38. The third-order valence-electron chi connectivity index (χ3n) is 4.29. The summed E-state index contributed by atoms with van der Waals surface area (Å²) in [7, 11) is 1.63. The zero-order valence-corrected chi connectivity index (χ0v) is 13.7. The molecule has 0 spiro atoms. The van der Waals surface area contributed by atoms with Gasteiger partial charge in [0, 0.05) is 31.1 Å². The topological polar surface area (TPSA) is 71.0 Å². The van der Waals surface area contributed by atoms with Crippen LogP contribution in [0, 0.1) is 0 Å². The molecule has 0 unspecified atom stereocenters. The molecule has 1 aliphatic rings. The minimum atomic E-state index is -0.193. The average molecular weight is 335 g/mol. The third-order valence-corrected chi connectivity index (χ3v) is 4.54. The Bertz CT molecular complexity index is 742. The molecule has 6 nitrogen and oxygen atoms in total. The van der Waals surface area contributed by atoms with E-state index < -0.39 is 0 Å². The standard InChI is InChI=1S/C16H19ClN4O2/c1-20-16(23)18-15(19-20)12-6-8-21(9-7-12)14(22)10-11-2-4-13(17)5-3-11/h2-5,12H,6-10H2,1H3,(H,18,19,23). The first-order valence-electron chi connectivity index (χ1n) is 7.68. The number of benzene rings is 1. The summed E-state index contributed by atoms with van der Waals surface area (Å²) in [6, 6.07) is 7.36. The van der Waals surface area contributed by atoms with Crippen LogP contribution < -0.4 is 5.69 Å². The normalized spacial score (nSPS) is 15.8. The van der Waals surface area contributed by atoms with Gasteiger partial charge in [0.25, 0.3) is 0 Å². The summed E-state index contributed by atoms with van der Waals surface area (Å²) in [5.41, 5.74) is 0.775. The lowest BCUT2D eigenvalue weighted by molar-refractivity contribution is -0.131. The number of hydrogen-bond donors (Lipinski definition) is 1. The number of H-pyrrole nitrogens is 1. The van der Waals surface area contributed by atoms with E-state index in [-0.39, 0.29) is 17.5 Å². The second-order valence-corrected chi connectivity index (χ2v) is 6.33. The lowest BCUT2D eigenvalue weighted by Crippen LogP contribution is -2.39. The number of aryl methyl sites for hydroxylation is 1. The van der Waals surface area contributed by atoms with Crippen molar-refractivity contribution in [2.75, 3.05) is 13.1 Å². The van der Waals surface area contributed by atoms with Gasteiger partial charge in [0.2, 0.25) is 5.91 Å². The van der Waals surface area contributed by atoms with Gasteiger partial charge in [0.1, 0.15) is 5.82 Å². The van der Waals surface area contributed by atoms with Gasteiger partial charge in [-0.2, -0.15) is 5.10 Å². The first-order chi connectivity index (χ1) is 11.0. The highest BCUT2D eigenvalue weighted by molar-refractivity contribution is 6.30. The lowest BCUT2D eigenvalue weighted by atomic mass is 9.96. The molecule has 3 rings (SSSR count). The molecule has 7 heteroatoms. The van der Waals surface area contributed by atoms with Crippen LogP contribution in [0.4, 0.5) is 0 Å². The van der Waals surface area contributed by atoms with Crippen molar-refractivity contribution in [1.82, 2.24) is 19.7 Å². The number of rotatable bonds is 3. The van der Waals surface area contributed by atoms with Crippen LogP contribution in [0.1, 0.15) is 30.1 Å². The number of aromatic nitrogens is 3. The van der Waals surface area contributed by atoms with Crippen molar-refractivity contribution < 1.29 is 4.79 Å². The molecular formula is C16H19ClN4O2. The van der Waals surface area contributed by atoms with Gasteiger partial charge in [-0.3, -0.25) is 9.78 Å². The van der Waals surface area contributed by atoms with Crippen LogP contribution in [0.3, 0.4) is 0 Å². The number of nitrogens with one attached hydrogen (secondary N) is 1. The molecule has 0 atom stereocenters. The fourth-order valence-electron chi connectivity index (χ4n) is 2.90. The van der Waals surface area contributed by atoms with Gasteiger partial charge in [0.15, 0.2) is 0 Å². The summed E-state index contributed by atoms with van der Waals surface area (Å²) in [5, 5.41) is 4.88. The Morgan fingerprint density at radius 2 is 1.96 bits per heavy atom. The van der Waals surface area contributed by atoms with Gasteiger partial charge in [-0.05, 0) is 30.5 Å². The molecule has 23 heavy (non-hydrogen) atoms. The Labute approximate surface area is 139 Å². The predicted molar refractivity (Wildman–Crippen MR) is 87.5 cm³/mol. The number of amides is 1. The molecule has 1 saturated heterocycles. The Balaban J connectivity index is 1.56. The summed E-state index contributed by atoms with van der Waals surface area (Å²) < 4.78 is 1.31. The third kappa shape index (κ3) is 3.64. The number of halogens is 1. The molecule has 1 fully saturated rings. The van der Waals surface area contributed by atoms with Gasteiger partial charge >= 0.3 is 5.69 Å². The fourth-order valence-corrected chi connectivity index (χ4v) is 3.02. The number of carbonyl (C=O) groups is 1. The largest absolute Gasteiger partial charge is 0.343 e. The van der Waals surface area contributed by atoms with Gasteiger partial charge in [-0.15, -0.1) is 0 Å². The second-order valence-electron chi connectivity index (χ2n) is 5.90. The highest BCUT2D eigenvalue weighted by Gasteiger charge is 2.26. The molecule has 0 saturated carbocycles. The molecule has 1 aromatic carbocycles. The van der Waals surface area contributed by atoms with Gasteiger partial charge in [-0.25, -0.2) is 9.48 Å². The number of aromatic amines is 1. The summed E-state index contributed by atoms with van der Waals surface area (Å²) in [4.78, 5) is 28.5. The average Bonchev–Trinajstić information content (AvgIpc) is 2.89. The van der Waals surface area contributed by atoms with Crippen LogP contribution in [0.2, 0.25) is 5.02 Å². The van der Waals surface area contributed by atoms with E-state index in [4.69, 9.17) is 11.6 Å². The molecule has 1 N–H and O–H groups in total. The van der Waals surface area contributed by atoms with E-state index in [9.17, 15) is 9.59 Å². The predicted octanol–water partition coefficient (Wildman–Crippen LogP) is 1.71. The van der Waals surface area contributed by atoms with Crippen molar-refractivity contribution in [3.05, 3.63) is 51.2 Å². The quantitative estimate of drug-likeness (QED) is 0.929. The second kappa shape index (κ2) is 6.58. The SMILES string of the molecule is Cn1nc(C2CCN(C(=O)Cc3ccc(Cl)cc3)CC2)[nH]c1=O. The summed E-state index contributed by atoms with van der Waals surface area (Å²) in [5.74, 6) is 1.06. The minimum Gasteiger partial charge on any atom is -0.342 e. The van der Waals surface area contributed by atoms with E-state index >= 15 is 0 Å². The number of piperidine rings is 1. The summed E-state index contributed by atoms with van der Waals surface area (Å²) >= 11 is 5.86. The van der Waals surface area contributed by atoms with Crippen molar-refractivity contribution >= 4 is 17.5 Å². The van der Waals surface area contributed by atoms with Crippen LogP contribution in [0.5, 0.6) is 0 Å². The van der Waals surface area contributed by atoms with Crippen LogP contribution in [-0.4, -0.2) is 38.7 Å². The van der Waals surface area contributed by atoms with Crippen molar-refractivity contribution in [1.29, 1.82) is 0 Å². The van der Waals surface area contributed by atoms with E-state index in [1.54, 1.807) is 19.2 Å². The zero-order chi connectivity index (χ0) is 16.4. The molecule has 122 valence electrons. The number of likely N-dealkylation sites (tertiary alicyclic amines) is 1. The van der Waals surface area contributed by atoms with Gasteiger partial charge in [-0.1, -0.05) is 23.7 Å². The van der Waals surface area contributed by atoms with Crippen LogP contribution in [0.15, 0.2) is 29.1 Å². The molecule has 2 aromatic rings. The maximum Gasteiger partial charge on any atom is 0.343 e. The van der Waals surface area contributed by atoms with Crippen molar-refractivity contribution in [3.63, 3.8) is 0 Å². The fraction of sp³-hybridized carbons (Fsp3) is 0.438. The molecule has 1 aromatic heterocycles. The monoisotopic (exact) mass is 334 g/mol. The van der Waals surface area contributed by atoms with E-state index in [2.05, 4.69) is 10.1 Å². The Hall–Kier alpha value is -2.08. The molecular weight excluding hydrogens is 316 g/mol. The van der Waals surface area contributed by atoms with Crippen molar-refractivity contribution in [3.8, 4) is 0 Å². The van der Waals surface area contributed by atoms with Crippen LogP contribution >= 0.6 is 11.6 Å². The molecule has 0 radical (unpaired) electrons. The van der Waals surface area contributed by atoms with E-state index in [0.717, 1.165) is 24.2 Å². The number of hydrogen-bond acceptors (Lipinski definition) is 3. The van der Waals surface area contributed by atoms with E-state index in [1.807, 2.05) is 17.0 Å². The summed E-state index contributed by atoms with van der Waals surface area (Å²) in [6.07, 6.45) is 2.03. The Morgan fingerprint density at radius 1 is 1.30 bits per heavy atom. The molecule has 2 heterocycles. The van der Waals surface area contributed by atoms with Crippen LogP contribution in [-0.2, 0) is 18.3 Å². The molecule has 1 amide bonds. The maximum absolute atomic E-state index is 12.4. The highest BCUT2D eigenvalue weighted by atomic mass is 35.5. The van der Waals surface area contributed by atoms with Crippen molar-refractivity contribution in [2.45, 2.75) is 25.2 Å². The molecule has 0 bridgehead atoms. The van der Waals surface area contributed by atoms with Gasteiger partial charge < -0.3 is 4.90 Å². The zero-order valence-electron chi connectivity index (χ0n) is 13.0. The maximum atomic E-state index is 12.4. The Morgan fingerprint density at radius 3 is 2.52 bits per heavy atom. The first kappa shape index (κ1) is 15.8. The van der Waals surface area contributed by atoms with Gasteiger partial charge in [0.05, 0.1) is 6.42 Å². The number of nitrogens with zero attached hydrogens (tertiary/aromatic N) is 3. The van der Waals surface area contributed by atoms with Crippen molar-refractivity contribution in [2.24, 2.45) is 7.05 Å². The molecule has 0 aliphatic carbocycles. The first-order valence-corrected chi connectivity index (χ1v) is 8.06. The van der Waals surface area contributed by atoms with E-state index in [1.165, 1.54) is 4.68 Å². The Kier molecular flexibility index (Phi) is 4.52. The lowest BCUT2D eigenvalue weighted by Gasteiger charge is -2.31. The molecule has 1 aliphatic heterocycles. The number of carbonyl (C=O) groups excluding carboxylic acids is 1. The van der Waals surface area contributed by atoms with Crippen LogP contribution in [0.25, 0.3) is 0 Å². The highest BCUT2D eigenvalue weighted by Crippen LogP contribution is 2.25. The van der Waals surface area contributed by atoms with E-state index in [0.29, 0.717) is 24.5 Å². The minimum absolute atomic E-state index is 0.125. The smallest absolute Gasteiger partial charge is 0.342 e.